The zero-order valence-electron chi connectivity index (χ0n) is 9.28. The van der Waals surface area contributed by atoms with Crippen LogP contribution in [-0.2, 0) is 14.6 Å². The van der Waals surface area contributed by atoms with Crippen LogP contribution in [0.3, 0.4) is 0 Å². The van der Waals surface area contributed by atoms with E-state index in [1.54, 1.807) is 0 Å². The Bertz CT molecular complexity index is 285. The molecule has 0 radical (unpaired) electrons. The van der Waals surface area contributed by atoms with Gasteiger partial charge < -0.3 is 4.74 Å². The van der Waals surface area contributed by atoms with E-state index in [9.17, 15) is 8.42 Å². The highest BCUT2D eigenvalue weighted by atomic mass is 127. The van der Waals surface area contributed by atoms with E-state index in [1.165, 1.54) is 0 Å². The van der Waals surface area contributed by atoms with Gasteiger partial charge in [0.05, 0.1) is 21.5 Å². The van der Waals surface area contributed by atoms with Gasteiger partial charge in [-0.2, -0.15) is 0 Å². The van der Waals surface area contributed by atoms with Gasteiger partial charge in [0.15, 0.2) is 9.84 Å². The second kappa shape index (κ2) is 5.82. The molecule has 0 aromatic carbocycles. The molecule has 1 aliphatic rings. The Morgan fingerprint density at radius 1 is 1.33 bits per heavy atom. The van der Waals surface area contributed by atoms with Crippen LogP contribution in [0.1, 0.15) is 26.7 Å². The highest BCUT2D eigenvalue weighted by molar-refractivity contribution is 14.1. The molecular formula is C10H19IO3S. The van der Waals surface area contributed by atoms with Crippen molar-refractivity contribution < 1.29 is 13.2 Å². The number of rotatable bonds is 5. The van der Waals surface area contributed by atoms with Gasteiger partial charge in [0.2, 0.25) is 0 Å². The molecule has 0 amide bonds. The Morgan fingerprint density at radius 3 is 2.33 bits per heavy atom. The van der Waals surface area contributed by atoms with Crippen LogP contribution in [0.4, 0.5) is 0 Å². The molecule has 90 valence electrons. The molecule has 0 saturated carbocycles. The maximum Gasteiger partial charge on any atom is 0.154 e. The molecular weight excluding hydrogens is 327 g/mol. The summed E-state index contributed by atoms with van der Waals surface area (Å²) in [6, 6.07) is 0. The van der Waals surface area contributed by atoms with Crippen LogP contribution < -0.4 is 0 Å². The minimum Gasteiger partial charge on any atom is -0.376 e. The number of alkyl halides is 1. The molecule has 0 bridgehead atoms. The van der Waals surface area contributed by atoms with Crippen LogP contribution in [-0.4, -0.2) is 36.6 Å². The molecule has 0 aromatic rings. The van der Waals surface area contributed by atoms with Crippen molar-refractivity contribution in [2.24, 2.45) is 5.92 Å². The minimum absolute atomic E-state index is 0.0869. The largest absolute Gasteiger partial charge is 0.376 e. The van der Waals surface area contributed by atoms with Crippen LogP contribution in [0.5, 0.6) is 0 Å². The summed E-state index contributed by atoms with van der Waals surface area (Å²) in [5, 5.41) is 0. The molecule has 1 rings (SSSR count). The molecule has 2 unspecified atom stereocenters. The Hall–Kier alpha value is 0.640. The van der Waals surface area contributed by atoms with E-state index in [2.05, 4.69) is 36.4 Å². The maximum atomic E-state index is 11.4. The van der Waals surface area contributed by atoms with Crippen molar-refractivity contribution in [2.75, 3.05) is 18.1 Å². The lowest BCUT2D eigenvalue weighted by molar-refractivity contribution is 0.0477. The third-order valence-electron chi connectivity index (χ3n) is 2.94. The van der Waals surface area contributed by atoms with E-state index in [1.807, 2.05) is 0 Å². The zero-order valence-corrected chi connectivity index (χ0v) is 12.3. The molecule has 0 N–H and O–H groups in total. The second-order valence-electron chi connectivity index (χ2n) is 4.15. The first kappa shape index (κ1) is 13.7. The highest BCUT2D eigenvalue weighted by Gasteiger charge is 2.36. The number of halogens is 1. The fourth-order valence-corrected chi connectivity index (χ4v) is 5.82. The summed E-state index contributed by atoms with van der Waals surface area (Å²) in [7, 11) is -2.84. The van der Waals surface area contributed by atoms with Gasteiger partial charge in [0, 0.05) is 6.61 Å². The SMILES string of the molecule is CCC(CC)COC1CS(=O)(=O)CC1I. The van der Waals surface area contributed by atoms with Crippen molar-refractivity contribution in [1.29, 1.82) is 0 Å². The van der Waals surface area contributed by atoms with Crippen LogP contribution >= 0.6 is 22.6 Å². The van der Waals surface area contributed by atoms with Crippen LogP contribution in [0, 0.1) is 5.92 Å². The predicted octanol–water partition coefficient (Wildman–Crippen LogP) is 2.04. The Kier molecular flexibility index (Phi) is 5.31. The Balaban J connectivity index is 2.40. The van der Waals surface area contributed by atoms with Crippen molar-refractivity contribution >= 4 is 32.4 Å². The first-order chi connectivity index (χ1) is 6.98. The number of hydrogen-bond acceptors (Lipinski definition) is 3. The normalized spacial score (nSPS) is 29.9. The third-order valence-corrected chi connectivity index (χ3v) is 6.48. The summed E-state index contributed by atoms with van der Waals surface area (Å²) in [6.45, 7) is 4.99. The van der Waals surface area contributed by atoms with E-state index in [0.29, 0.717) is 12.5 Å². The summed E-state index contributed by atoms with van der Waals surface area (Å²) in [4.78, 5) is 0. The first-order valence-corrected chi connectivity index (χ1v) is 8.51. The van der Waals surface area contributed by atoms with Gasteiger partial charge in [-0.25, -0.2) is 8.42 Å². The lowest BCUT2D eigenvalue weighted by Gasteiger charge is -2.18. The van der Waals surface area contributed by atoms with E-state index in [0.717, 1.165) is 12.8 Å². The summed E-state index contributed by atoms with van der Waals surface area (Å²) in [6.07, 6.45) is 2.11. The molecule has 15 heavy (non-hydrogen) atoms. The summed E-state index contributed by atoms with van der Waals surface area (Å²) >= 11 is 2.19. The number of sulfone groups is 1. The lowest BCUT2D eigenvalue weighted by atomic mass is 10.1. The van der Waals surface area contributed by atoms with Gasteiger partial charge >= 0.3 is 0 Å². The van der Waals surface area contributed by atoms with Gasteiger partial charge in [-0.3, -0.25) is 0 Å². The van der Waals surface area contributed by atoms with Gasteiger partial charge in [-0.1, -0.05) is 49.3 Å². The second-order valence-corrected chi connectivity index (χ2v) is 7.90. The molecule has 1 fully saturated rings. The van der Waals surface area contributed by atoms with Crippen molar-refractivity contribution in [1.82, 2.24) is 0 Å². The molecule has 1 heterocycles. The average Bonchev–Trinajstić information content (AvgIpc) is 2.41. The summed E-state index contributed by atoms with van der Waals surface area (Å²) in [5.74, 6) is 1.05. The molecule has 1 aliphatic heterocycles. The summed E-state index contributed by atoms with van der Waals surface area (Å²) < 4.78 is 28.5. The lowest BCUT2D eigenvalue weighted by Crippen LogP contribution is -2.25. The van der Waals surface area contributed by atoms with Crippen LogP contribution in [0.15, 0.2) is 0 Å². The van der Waals surface area contributed by atoms with Crippen LogP contribution in [0.25, 0.3) is 0 Å². The molecule has 0 aromatic heterocycles. The molecule has 0 spiro atoms. The fraction of sp³-hybridized carbons (Fsp3) is 1.00. The predicted molar refractivity (Wildman–Crippen MR) is 70.3 cm³/mol. The van der Waals surface area contributed by atoms with Crippen LogP contribution in [0.2, 0.25) is 0 Å². The summed E-state index contributed by atoms with van der Waals surface area (Å²) in [5.41, 5.74) is 0. The van der Waals surface area contributed by atoms with E-state index in [4.69, 9.17) is 4.74 Å². The monoisotopic (exact) mass is 346 g/mol. The van der Waals surface area contributed by atoms with Gasteiger partial charge in [-0.05, 0) is 5.92 Å². The highest BCUT2D eigenvalue weighted by Crippen LogP contribution is 2.24. The zero-order chi connectivity index (χ0) is 11.5. The van der Waals surface area contributed by atoms with Gasteiger partial charge in [-0.15, -0.1) is 0 Å². The molecule has 0 aliphatic carbocycles. The molecule has 3 nitrogen and oxygen atoms in total. The topological polar surface area (TPSA) is 43.4 Å². The third kappa shape index (κ3) is 4.19. The standard InChI is InChI=1S/C10H19IO3S/c1-3-8(4-2)5-14-10-7-15(12,13)6-9(10)11/h8-10H,3-7H2,1-2H3. The first-order valence-electron chi connectivity index (χ1n) is 5.44. The molecule has 2 atom stereocenters. The van der Waals surface area contributed by atoms with E-state index >= 15 is 0 Å². The minimum atomic E-state index is -2.84. The number of ether oxygens (including phenoxy) is 1. The van der Waals surface area contributed by atoms with E-state index in [-0.39, 0.29) is 21.5 Å². The van der Waals surface area contributed by atoms with Crippen molar-refractivity contribution in [3.8, 4) is 0 Å². The van der Waals surface area contributed by atoms with Crippen molar-refractivity contribution in [3.63, 3.8) is 0 Å². The average molecular weight is 346 g/mol. The Labute approximate surface area is 106 Å². The van der Waals surface area contributed by atoms with E-state index < -0.39 is 9.84 Å². The smallest absolute Gasteiger partial charge is 0.154 e. The van der Waals surface area contributed by atoms with Crippen molar-refractivity contribution in [3.05, 3.63) is 0 Å². The van der Waals surface area contributed by atoms with Crippen molar-refractivity contribution in [2.45, 2.75) is 36.7 Å². The molecule has 5 heteroatoms. The van der Waals surface area contributed by atoms with Gasteiger partial charge in [0.25, 0.3) is 0 Å². The number of hydrogen-bond donors (Lipinski definition) is 0. The Morgan fingerprint density at radius 2 is 1.93 bits per heavy atom. The maximum absolute atomic E-state index is 11.4. The fourth-order valence-electron chi connectivity index (χ4n) is 1.71. The molecule has 1 saturated heterocycles. The quantitative estimate of drug-likeness (QED) is 0.565. The van der Waals surface area contributed by atoms with Gasteiger partial charge in [0.1, 0.15) is 0 Å².